The fourth-order valence-corrected chi connectivity index (χ4v) is 6.28. The average Bonchev–Trinajstić information content (AvgIpc) is 3.15. The monoisotopic (exact) mass is 676 g/mol. The van der Waals surface area contributed by atoms with Crippen molar-refractivity contribution in [2.75, 3.05) is 52.4 Å². The molecule has 0 aliphatic rings. The Morgan fingerprint density at radius 3 is 1.14 bits per heavy atom. The zero-order valence-corrected chi connectivity index (χ0v) is 29.8. The van der Waals surface area contributed by atoms with Crippen LogP contribution < -0.4 is 31.9 Å². The summed E-state index contributed by atoms with van der Waals surface area (Å²) in [4.78, 5) is 0. The molecule has 0 saturated carbocycles. The fraction of sp³-hybridized carbons (Fsp3) is 0.357. The molecular formula is C42H56N6S. The Morgan fingerprint density at radius 2 is 0.735 bits per heavy atom. The summed E-state index contributed by atoms with van der Waals surface area (Å²) in [6.45, 7) is 11.7. The Kier molecular flexibility index (Phi) is 17.8. The molecule has 0 radical (unpaired) electrons. The molecule has 4 aromatic carbocycles. The van der Waals surface area contributed by atoms with Crippen molar-refractivity contribution >= 4 is 17.3 Å². The molecule has 0 aliphatic carbocycles. The molecule has 4 rings (SSSR count). The van der Waals surface area contributed by atoms with Gasteiger partial charge in [0.05, 0.1) is 5.82 Å². The summed E-state index contributed by atoms with van der Waals surface area (Å²) in [5, 5.41) is 21.5. The van der Waals surface area contributed by atoms with E-state index in [1.54, 1.807) is 0 Å². The Bertz CT molecular complexity index is 1250. The summed E-state index contributed by atoms with van der Waals surface area (Å²) >= 11 is 5.53. The van der Waals surface area contributed by atoms with Crippen LogP contribution in [0.1, 0.15) is 66.2 Å². The first-order valence-electron chi connectivity index (χ1n) is 18.0. The van der Waals surface area contributed by atoms with E-state index in [0.29, 0.717) is 11.8 Å². The van der Waals surface area contributed by atoms with Gasteiger partial charge in [-0.25, -0.2) is 0 Å². The van der Waals surface area contributed by atoms with Crippen LogP contribution in [-0.4, -0.2) is 57.5 Å². The van der Waals surface area contributed by atoms with Gasteiger partial charge in [0.15, 0.2) is 5.11 Å². The Hall–Kier alpha value is -4.17. The zero-order chi connectivity index (χ0) is 34.2. The van der Waals surface area contributed by atoms with E-state index in [9.17, 15) is 0 Å². The van der Waals surface area contributed by atoms with Crippen molar-refractivity contribution in [3.05, 3.63) is 156 Å². The van der Waals surface area contributed by atoms with Crippen molar-refractivity contribution in [1.29, 1.82) is 0 Å². The molecule has 0 bridgehead atoms. The number of hydrogen-bond acceptors (Lipinski definition) is 5. The minimum atomic E-state index is 0.352. The van der Waals surface area contributed by atoms with Crippen molar-refractivity contribution in [1.82, 2.24) is 31.9 Å². The van der Waals surface area contributed by atoms with Crippen LogP contribution in [0.4, 0.5) is 0 Å². The average molecular weight is 677 g/mol. The lowest BCUT2D eigenvalue weighted by Crippen LogP contribution is -2.37. The smallest absolute Gasteiger partial charge is 0.166 e. The molecule has 0 aromatic heterocycles. The van der Waals surface area contributed by atoms with Gasteiger partial charge in [-0.1, -0.05) is 128 Å². The minimum Gasteiger partial charge on any atom is -0.372 e. The molecule has 0 saturated heterocycles. The second-order valence-electron chi connectivity index (χ2n) is 12.4. The van der Waals surface area contributed by atoms with Gasteiger partial charge in [0, 0.05) is 38.0 Å². The van der Waals surface area contributed by atoms with Crippen molar-refractivity contribution in [2.24, 2.45) is 0 Å². The molecule has 0 amide bonds. The van der Waals surface area contributed by atoms with Crippen molar-refractivity contribution in [3.8, 4) is 0 Å². The van der Waals surface area contributed by atoms with Crippen molar-refractivity contribution < 1.29 is 0 Å². The highest BCUT2D eigenvalue weighted by Crippen LogP contribution is 2.28. The molecule has 49 heavy (non-hydrogen) atoms. The van der Waals surface area contributed by atoms with E-state index in [2.05, 4.69) is 160 Å². The molecule has 6 N–H and O–H groups in total. The van der Waals surface area contributed by atoms with Crippen LogP contribution >= 0.6 is 12.2 Å². The van der Waals surface area contributed by atoms with E-state index in [1.807, 2.05) is 0 Å². The molecular weight excluding hydrogens is 621 g/mol. The summed E-state index contributed by atoms with van der Waals surface area (Å²) in [5.74, 6) is 1.62. The number of rotatable bonds is 24. The third kappa shape index (κ3) is 14.9. The Balaban J connectivity index is 0.942. The molecule has 6 nitrogen and oxygen atoms in total. The van der Waals surface area contributed by atoms with Gasteiger partial charge in [-0.3, -0.25) is 0 Å². The van der Waals surface area contributed by atoms with Crippen molar-refractivity contribution in [2.45, 2.75) is 43.9 Å². The molecule has 0 unspecified atom stereocenters. The Morgan fingerprint density at radius 1 is 0.429 bits per heavy atom. The van der Waals surface area contributed by atoms with E-state index in [4.69, 9.17) is 12.2 Å². The van der Waals surface area contributed by atoms with Gasteiger partial charge in [-0.05, 0) is 92.8 Å². The minimum absolute atomic E-state index is 0.352. The lowest BCUT2D eigenvalue weighted by molar-refractivity contribution is 0.561. The van der Waals surface area contributed by atoms with E-state index in [0.717, 1.165) is 95.4 Å². The maximum atomic E-state index is 5.53. The first-order chi connectivity index (χ1) is 24.2. The van der Waals surface area contributed by atoms with Crippen LogP contribution in [-0.2, 0) is 0 Å². The fourth-order valence-electron chi connectivity index (χ4n) is 6.07. The summed E-state index contributed by atoms with van der Waals surface area (Å²) < 4.78 is 0. The van der Waals surface area contributed by atoms with Crippen LogP contribution in [0.25, 0.3) is 0 Å². The maximum Gasteiger partial charge on any atom is 0.166 e. The maximum absolute atomic E-state index is 5.53. The number of benzene rings is 4. The molecule has 0 spiro atoms. The van der Waals surface area contributed by atoms with E-state index in [-0.39, 0.29) is 0 Å². The van der Waals surface area contributed by atoms with Crippen LogP contribution in [0.5, 0.6) is 0 Å². The first kappa shape index (κ1) is 37.6. The standard InChI is InChI=1S/C42H56N6S/c1-35(46-33-25-40(36-17-6-2-7-18-36)37-19-8-3-9-20-37)45-31-15-29-43-27-14-28-44-30-16-32-47-42(49)48-34-26-41(38-21-10-4-11-22-38)39-23-12-5-13-24-39/h2-13,17-24,40-41,43-46H,1,14-16,25-34H2,(H2,47,48,49). The molecule has 0 atom stereocenters. The van der Waals surface area contributed by atoms with Gasteiger partial charge >= 0.3 is 0 Å². The van der Waals surface area contributed by atoms with Crippen LogP contribution in [0, 0.1) is 0 Å². The quantitative estimate of drug-likeness (QED) is 0.0357. The van der Waals surface area contributed by atoms with Gasteiger partial charge in [0.1, 0.15) is 0 Å². The van der Waals surface area contributed by atoms with Crippen LogP contribution in [0.3, 0.4) is 0 Å². The first-order valence-corrected chi connectivity index (χ1v) is 18.4. The van der Waals surface area contributed by atoms with Crippen molar-refractivity contribution in [3.63, 3.8) is 0 Å². The zero-order valence-electron chi connectivity index (χ0n) is 29.0. The van der Waals surface area contributed by atoms with Gasteiger partial charge in [-0.2, -0.15) is 0 Å². The number of thiocarbonyl (C=S) groups is 1. The van der Waals surface area contributed by atoms with Crippen LogP contribution in [0.15, 0.2) is 134 Å². The molecule has 260 valence electrons. The van der Waals surface area contributed by atoms with Gasteiger partial charge in [0.2, 0.25) is 0 Å². The molecule has 4 aromatic rings. The largest absolute Gasteiger partial charge is 0.372 e. The highest BCUT2D eigenvalue weighted by molar-refractivity contribution is 7.80. The lowest BCUT2D eigenvalue weighted by atomic mass is 9.88. The summed E-state index contributed by atoms with van der Waals surface area (Å²) in [6.07, 6.45) is 5.21. The predicted molar refractivity (Wildman–Crippen MR) is 212 cm³/mol. The molecule has 7 heteroatoms. The highest BCUT2D eigenvalue weighted by atomic mass is 32.1. The van der Waals surface area contributed by atoms with Gasteiger partial charge in [-0.15, -0.1) is 0 Å². The third-order valence-electron chi connectivity index (χ3n) is 8.69. The highest BCUT2D eigenvalue weighted by Gasteiger charge is 2.14. The summed E-state index contributed by atoms with van der Waals surface area (Å²) in [6, 6.07) is 43.0. The third-order valence-corrected chi connectivity index (χ3v) is 8.98. The molecule has 0 aliphatic heterocycles. The second kappa shape index (κ2) is 23.2. The van der Waals surface area contributed by atoms with Gasteiger partial charge < -0.3 is 31.9 Å². The second-order valence-corrected chi connectivity index (χ2v) is 12.8. The van der Waals surface area contributed by atoms with Gasteiger partial charge in [0.25, 0.3) is 0 Å². The topological polar surface area (TPSA) is 72.2 Å². The SMILES string of the molecule is C=C(NCCCNCCCNCCCNC(=S)NCCC(c1ccccc1)c1ccccc1)NCCC(c1ccccc1)c1ccccc1. The molecule has 0 fully saturated rings. The normalized spacial score (nSPS) is 11.0. The number of nitrogens with one attached hydrogen (secondary N) is 6. The molecule has 0 heterocycles. The summed E-state index contributed by atoms with van der Waals surface area (Å²) in [5.41, 5.74) is 5.38. The summed E-state index contributed by atoms with van der Waals surface area (Å²) in [7, 11) is 0. The Labute approximate surface area is 300 Å². The lowest BCUT2D eigenvalue weighted by Gasteiger charge is -2.20. The van der Waals surface area contributed by atoms with Crippen LogP contribution in [0.2, 0.25) is 0 Å². The van der Waals surface area contributed by atoms with E-state index >= 15 is 0 Å². The van der Waals surface area contributed by atoms with E-state index < -0.39 is 0 Å². The van der Waals surface area contributed by atoms with E-state index in [1.165, 1.54) is 22.3 Å². The number of hydrogen-bond donors (Lipinski definition) is 6. The predicted octanol–water partition coefficient (Wildman–Crippen LogP) is 6.89.